The summed E-state index contributed by atoms with van der Waals surface area (Å²) in [5, 5.41) is 6.32. The zero-order valence-electron chi connectivity index (χ0n) is 12.2. The van der Waals surface area contributed by atoms with E-state index in [1.54, 1.807) is 12.1 Å². The number of hydrogen-bond donors (Lipinski definition) is 2. The summed E-state index contributed by atoms with van der Waals surface area (Å²) < 4.78 is 19.7. The lowest BCUT2D eigenvalue weighted by Gasteiger charge is -2.17. The molecule has 0 spiro atoms. The number of pyridine rings is 1. The van der Waals surface area contributed by atoms with Crippen molar-refractivity contribution in [1.29, 1.82) is 0 Å². The molecule has 0 bridgehead atoms. The van der Waals surface area contributed by atoms with Gasteiger partial charge in [-0.3, -0.25) is 5.32 Å². The fraction of sp³-hybridized carbons (Fsp3) is 0.250. The third-order valence-electron chi connectivity index (χ3n) is 4.28. The molecule has 1 unspecified atom stereocenters. The Morgan fingerprint density at radius 2 is 2.12 bits per heavy atom. The number of hydrogen-bond acceptors (Lipinski definition) is 3. The van der Waals surface area contributed by atoms with Gasteiger partial charge in [-0.2, -0.15) is 0 Å². The van der Waals surface area contributed by atoms with Crippen molar-refractivity contribution < 1.29 is 13.9 Å². The fourth-order valence-electron chi connectivity index (χ4n) is 3.11. The van der Waals surface area contributed by atoms with Crippen LogP contribution in [0.2, 0.25) is 10.0 Å². The first-order chi connectivity index (χ1) is 11.5. The summed E-state index contributed by atoms with van der Waals surface area (Å²) in [4.78, 5) is 16.1. The molecule has 1 aromatic heterocycles. The van der Waals surface area contributed by atoms with Gasteiger partial charge in [-0.25, -0.2) is 14.2 Å². The largest absolute Gasteiger partial charge is 0.491 e. The summed E-state index contributed by atoms with van der Waals surface area (Å²) in [5.41, 5.74) is 0.439. The summed E-state index contributed by atoms with van der Waals surface area (Å²) >= 11 is 11.8. The van der Waals surface area contributed by atoms with Crippen molar-refractivity contribution >= 4 is 35.1 Å². The molecule has 1 aromatic carbocycles. The van der Waals surface area contributed by atoms with Gasteiger partial charge in [0.2, 0.25) is 0 Å². The highest BCUT2D eigenvalue weighted by molar-refractivity contribution is 6.32. The van der Waals surface area contributed by atoms with E-state index < -0.39 is 6.03 Å². The number of anilines is 1. The van der Waals surface area contributed by atoms with Gasteiger partial charge in [0.15, 0.2) is 0 Å². The van der Waals surface area contributed by atoms with Crippen LogP contribution in [0, 0.1) is 11.7 Å². The van der Waals surface area contributed by atoms with Crippen molar-refractivity contribution in [1.82, 2.24) is 10.3 Å². The predicted molar refractivity (Wildman–Crippen MR) is 88.3 cm³/mol. The van der Waals surface area contributed by atoms with Gasteiger partial charge < -0.3 is 10.1 Å². The summed E-state index contributed by atoms with van der Waals surface area (Å²) in [6.07, 6.45) is 1.44. The normalized spacial score (nSPS) is 23.5. The molecule has 1 aliphatic carbocycles. The van der Waals surface area contributed by atoms with Gasteiger partial charge >= 0.3 is 6.03 Å². The zero-order valence-corrected chi connectivity index (χ0v) is 13.7. The van der Waals surface area contributed by atoms with Crippen LogP contribution in [-0.4, -0.2) is 23.7 Å². The van der Waals surface area contributed by atoms with E-state index in [1.165, 1.54) is 18.3 Å². The number of aromatic nitrogens is 1. The second-order valence-electron chi connectivity index (χ2n) is 5.76. The molecule has 1 saturated carbocycles. The quantitative estimate of drug-likeness (QED) is 0.847. The second-order valence-corrected chi connectivity index (χ2v) is 6.60. The SMILES string of the molecule is O=C(Nc1ccc(Cl)cn1)NC1[C@H]2COc3c(Cl)ccc(F)c3[C@@H]12. The number of carbonyl (C=O) groups is 1. The number of amides is 2. The van der Waals surface area contributed by atoms with Gasteiger partial charge in [0.05, 0.1) is 16.7 Å². The Hall–Kier alpha value is -2.05. The standard InChI is InChI=1S/C16H12Cl2FN3O2/c17-7-1-4-11(20-5-7)21-16(23)22-14-8-6-24-15-9(18)2-3-10(19)13(15)12(8)14/h1-5,8,12,14H,6H2,(H2,20,21,22,23)/t8-,12-,14?/m0/s1. The molecule has 2 heterocycles. The topological polar surface area (TPSA) is 63.2 Å². The van der Waals surface area contributed by atoms with E-state index in [4.69, 9.17) is 27.9 Å². The maximum atomic E-state index is 14.1. The second kappa shape index (κ2) is 5.79. The summed E-state index contributed by atoms with van der Waals surface area (Å²) in [7, 11) is 0. The molecule has 2 amide bonds. The molecule has 3 atom stereocenters. The molecule has 124 valence electrons. The average molecular weight is 368 g/mol. The van der Waals surface area contributed by atoms with Crippen LogP contribution in [0.25, 0.3) is 0 Å². The van der Waals surface area contributed by atoms with Gasteiger partial charge in [0.25, 0.3) is 0 Å². The molecule has 1 aliphatic heterocycles. The van der Waals surface area contributed by atoms with Crippen LogP contribution in [0.3, 0.4) is 0 Å². The minimum Gasteiger partial charge on any atom is -0.491 e. The van der Waals surface area contributed by atoms with Crippen LogP contribution in [0.15, 0.2) is 30.5 Å². The Kier molecular flexibility index (Phi) is 3.73. The first-order valence-electron chi connectivity index (χ1n) is 7.34. The number of rotatable bonds is 2. The van der Waals surface area contributed by atoms with Gasteiger partial charge in [-0.05, 0) is 24.3 Å². The monoisotopic (exact) mass is 367 g/mol. The predicted octanol–water partition coefficient (Wildman–Crippen LogP) is 3.82. The van der Waals surface area contributed by atoms with Crippen molar-refractivity contribution in [2.45, 2.75) is 12.0 Å². The molecule has 8 heteroatoms. The van der Waals surface area contributed by atoms with Gasteiger partial charge in [0, 0.05) is 29.6 Å². The number of urea groups is 1. The van der Waals surface area contributed by atoms with E-state index in [9.17, 15) is 9.18 Å². The van der Waals surface area contributed by atoms with E-state index in [0.29, 0.717) is 33.8 Å². The molecular formula is C16H12Cl2FN3O2. The maximum Gasteiger partial charge on any atom is 0.320 e. The molecule has 5 nitrogen and oxygen atoms in total. The number of ether oxygens (including phenoxy) is 1. The lowest BCUT2D eigenvalue weighted by molar-refractivity contribution is 0.249. The number of carbonyl (C=O) groups excluding carboxylic acids is 1. The minimum absolute atomic E-state index is 0.0365. The van der Waals surface area contributed by atoms with Crippen molar-refractivity contribution in [3.63, 3.8) is 0 Å². The fourth-order valence-corrected chi connectivity index (χ4v) is 3.44. The van der Waals surface area contributed by atoms with Crippen molar-refractivity contribution in [3.05, 3.63) is 51.9 Å². The van der Waals surface area contributed by atoms with E-state index in [1.807, 2.05) is 0 Å². The van der Waals surface area contributed by atoms with Crippen molar-refractivity contribution in [2.75, 3.05) is 11.9 Å². The molecule has 2 aliphatic rings. The van der Waals surface area contributed by atoms with Crippen LogP contribution in [-0.2, 0) is 0 Å². The third kappa shape index (κ3) is 2.65. The number of nitrogens with zero attached hydrogens (tertiary/aromatic N) is 1. The molecule has 4 rings (SSSR count). The Bertz CT molecular complexity index is 816. The Balaban J connectivity index is 1.47. The van der Waals surface area contributed by atoms with E-state index >= 15 is 0 Å². The molecule has 24 heavy (non-hydrogen) atoms. The third-order valence-corrected chi connectivity index (χ3v) is 4.80. The lowest BCUT2D eigenvalue weighted by atomic mass is 10.1. The van der Waals surface area contributed by atoms with Gasteiger partial charge in [-0.15, -0.1) is 0 Å². The molecule has 2 aromatic rings. The summed E-state index contributed by atoms with van der Waals surface area (Å²) in [5.74, 6) is 0.298. The Labute approximate surface area is 147 Å². The zero-order chi connectivity index (χ0) is 16.8. The van der Waals surface area contributed by atoms with Crippen LogP contribution < -0.4 is 15.4 Å². The summed E-state index contributed by atoms with van der Waals surface area (Å²) in [6, 6.07) is 5.40. The van der Waals surface area contributed by atoms with E-state index in [-0.39, 0.29) is 23.7 Å². The lowest BCUT2D eigenvalue weighted by Crippen LogP contribution is -2.32. The Morgan fingerprint density at radius 1 is 1.29 bits per heavy atom. The number of halogens is 3. The first kappa shape index (κ1) is 15.5. The van der Waals surface area contributed by atoms with Gasteiger partial charge in [-0.1, -0.05) is 23.2 Å². The van der Waals surface area contributed by atoms with Crippen LogP contribution in [0.5, 0.6) is 5.75 Å². The average Bonchev–Trinajstić information content (AvgIpc) is 3.26. The molecular weight excluding hydrogens is 356 g/mol. The van der Waals surface area contributed by atoms with Crippen LogP contribution in [0.1, 0.15) is 11.5 Å². The molecule has 0 saturated heterocycles. The highest BCUT2D eigenvalue weighted by Gasteiger charge is 2.57. The highest BCUT2D eigenvalue weighted by Crippen LogP contribution is 2.56. The van der Waals surface area contributed by atoms with E-state index in [2.05, 4.69) is 15.6 Å². The van der Waals surface area contributed by atoms with Gasteiger partial charge in [0.1, 0.15) is 17.4 Å². The van der Waals surface area contributed by atoms with Crippen LogP contribution in [0.4, 0.5) is 15.0 Å². The smallest absolute Gasteiger partial charge is 0.320 e. The number of benzene rings is 1. The van der Waals surface area contributed by atoms with Crippen molar-refractivity contribution in [3.8, 4) is 5.75 Å². The minimum atomic E-state index is -0.409. The summed E-state index contributed by atoms with van der Waals surface area (Å²) in [6.45, 7) is 0.394. The first-order valence-corrected chi connectivity index (χ1v) is 8.10. The van der Waals surface area contributed by atoms with Crippen molar-refractivity contribution in [2.24, 2.45) is 5.92 Å². The van der Waals surface area contributed by atoms with E-state index in [0.717, 1.165) is 0 Å². The number of fused-ring (bicyclic) bond motifs is 3. The molecule has 1 fully saturated rings. The molecule has 2 N–H and O–H groups in total. The molecule has 0 radical (unpaired) electrons. The maximum absolute atomic E-state index is 14.1. The highest BCUT2D eigenvalue weighted by atomic mass is 35.5. The van der Waals surface area contributed by atoms with Crippen LogP contribution >= 0.6 is 23.2 Å². The number of nitrogens with one attached hydrogen (secondary N) is 2. The Morgan fingerprint density at radius 3 is 2.88 bits per heavy atom.